The molecule has 1 atom stereocenters. The summed E-state index contributed by atoms with van der Waals surface area (Å²) >= 11 is 12.0. The number of amides is 1. The highest BCUT2D eigenvalue weighted by molar-refractivity contribution is 6.53. The van der Waals surface area contributed by atoms with Gasteiger partial charge < -0.3 is 15.3 Å². The van der Waals surface area contributed by atoms with Crippen molar-refractivity contribution in [3.8, 4) is 0 Å². The maximum absolute atomic E-state index is 14.4. The predicted octanol–water partition coefficient (Wildman–Crippen LogP) is 2.99. The van der Waals surface area contributed by atoms with Gasteiger partial charge in [-0.25, -0.2) is 4.39 Å². The van der Waals surface area contributed by atoms with Crippen molar-refractivity contribution in [1.29, 1.82) is 0 Å². The van der Waals surface area contributed by atoms with Crippen molar-refractivity contribution in [2.75, 3.05) is 18.0 Å². The molecule has 1 aliphatic heterocycles. The Labute approximate surface area is 150 Å². The van der Waals surface area contributed by atoms with Crippen molar-refractivity contribution in [3.05, 3.63) is 29.6 Å². The smallest absolute Gasteiger partial charge is 0.229 e. The fraction of sp³-hybridized carbons (Fsp3) is 0.588. The van der Waals surface area contributed by atoms with Gasteiger partial charge >= 0.3 is 0 Å². The first-order chi connectivity index (χ1) is 11.2. The van der Waals surface area contributed by atoms with E-state index in [-0.39, 0.29) is 24.4 Å². The van der Waals surface area contributed by atoms with Crippen molar-refractivity contribution in [3.63, 3.8) is 0 Å². The van der Waals surface area contributed by atoms with Crippen LogP contribution in [0.5, 0.6) is 0 Å². The highest BCUT2D eigenvalue weighted by Crippen LogP contribution is 2.63. The molecule has 0 aromatic heterocycles. The molecule has 0 radical (unpaired) electrons. The minimum Gasteiger partial charge on any atom is -0.393 e. The Morgan fingerprint density at radius 1 is 1.42 bits per heavy atom. The Morgan fingerprint density at radius 2 is 2.04 bits per heavy atom. The number of aliphatic hydroxyl groups is 1. The quantitative estimate of drug-likeness (QED) is 0.796. The molecule has 3 rings (SSSR count). The SMILES string of the molecule is C[C@]1(C(=O)NCc2ccc(N3CCC(O)CC3)c(F)c2)CC1(Cl)Cl. The van der Waals surface area contributed by atoms with Crippen molar-refractivity contribution < 1.29 is 14.3 Å². The van der Waals surface area contributed by atoms with E-state index in [9.17, 15) is 14.3 Å². The maximum atomic E-state index is 14.4. The van der Waals surface area contributed by atoms with Gasteiger partial charge in [0.1, 0.15) is 10.2 Å². The number of rotatable bonds is 4. The number of nitrogens with zero attached hydrogens (tertiary/aromatic N) is 1. The van der Waals surface area contributed by atoms with Gasteiger partial charge in [0.2, 0.25) is 5.91 Å². The van der Waals surface area contributed by atoms with E-state index in [2.05, 4.69) is 5.32 Å². The van der Waals surface area contributed by atoms with Crippen LogP contribution in [0.2, 0.25) is 0 Å². The van der Waals surface area contributed by atoms with E-state index in [1.54, 1.807) is 19.1 Å². The van der Waals surface area contributed by atoms with Gasteiger partial charge in [0.25, 0.3) is 0 Å². The van der Waals surface area contributed by atoms with E-state index in [4.69, 9.17) is 23.2 Å². The van der Waals surface area contributed by atoms with Gasteiger partial charge in [-0.1, -0.05) is 6.07 Å². The van der Waals surface area contributed by atoms with Crippen LogP contribution in [-0.2, 0) is 11.3 Å². The molecule has 1 aliphatic carbocycles. The van der Waals surface area contributed by atoms with Crippen LogP contribution in [0.1, 0.15) is 31.7 Å². The predicted molar refractivity (Wildman–Crippen MR) is 92.9 cm³/mol. The fourth-order valence-corrected chi connectivity index (χ4v) is 3.75. The molecular formula is C17H21Cl2FN2O2. The first-order valence-electron chi connectivity index (χ1n) is 8.10. The Balaban J connectivity index is 1.60. The van der Waals surface area contributed by atoms with Gasteiger partial charge in [0.05, 0.1) is 17.2 Å². The molecule has 1 amide bonds. The van der Waals surface area contributed by atoms with Crippen molar-refractivity contribution >= 4 is 34.8 Å². The zero-order valence-corrected chi connectivity index (χ0v) is 15.0. The molecule has 132 valence electrons. The molecule has 24 heavy (non-hydrogen) atoms. The molecule has 0 spiro atoms. The molecule has 0 bridgehead atoms. The summed E-state index contributed by atoms with van der Waals surface area (Å²) in [6, 6.07) is 4.96. The second-order valence-electron chi connectivity index (χ2n) is 6.90. The lowest BCUT2D eigenvalue weighted by Crippen LogP contribution is -2.36. The molecular weight excluding hydrogens is 354 g/mol. The van der Waals surface area contributed by atoms with Gasteiger partial charge in [-0.2, -0.15) is 0 Å². The Morgan fingerprint density at radius 3 is 2.58 bits per heavy atom. The van der Waals surface area contributed by atoms with Crippen molar-refractivity contribution in [2.24, 2.45) is 5.41 Å². The first kappa shape index (κ1) is 17.8. The topological polar surface area (TPSA) is 52.6 Å². The van der Waals surface area contributed by atoms with E-state index in [1.165, 1.54) is 6.07 Å². The third kappa shape index (κ3) is 3.35. The van der Waals surface area contributed by atoms with E-state index in [0.29, 0.717) is 43.6 Å². The van der Waals surface area contributed by atoms with E-state index < -0.39 is 9.75 Å². The lowest BCUT2D eigenvalue weighted by molar-refractivity contribution is -0.125. The summed E-state index contributed by atoms with van der Waals surface area (Å²) < 4.78 is 13.4. The minimum absolute atomic E-state index is 0.220. The largest absolute Gasteiger partial charge is 0.393 e. The summed E-state index contributed by atoms with van der Waals surface area (Å²) in [6.45, 7) is 3.23. The second kappa shape index (κ2) is 6.36. The number of anilines is 1. The molecule has 1 heterocycles. The van der Waals surface area contributed by atoms with Crippen LogP contribution < -0.4 is 10.2 Å². The average molecular weight is 375 g/mol. The van der Waals surface area contributed by atoms with E-state index in [0.717, 1.165) is 0 Å². The summed E-state index contributed by atoms with van der Waals surface area (Å²) in [5.74, 6) is -0.540. The van der Waals surface area contributed by atoms with Crippen LogP contribution in [0, 0.1) is 11.2 Å². The van der Waals surface area contributed by atoms with E-state index >= 15 is 0 Å². The van der Waals surface area contributed by atoms with Gasteiger partial charge in [-0.3, -0.25) is 4.79 Å². The average Bonchev–Trinajstić information content (AvgIpc) is 3.06. The lowest BCUT2D eigenvalue weighted by atomic mass is 10.1. The monoisotopic (exact) mass is 374 g/mol. The van der Waals surface area contributed by atoms with Crippen molar-refractivity contribution in [2.45, 2.75) is 43.2 Å². The number of benzene rings is 1. The number of carbonyl (C=O) groups is 1. The first-order valence-corrected chi connectivity index (χ1v) is 8.86. The van der Waals surface area contributed by atoms with Gasteiger partial charge in [-0.15, -0.1) is 23.2 Å². The van der Waals surface area contributed by atoms with Gasteiger partial charge in [-0.05, 0) is 43.9 Å². The third-order valence-corrected chi connectivity index (χ3v) is 6.13. The molecule has 1 saturated heterocycles. The molecule has 0 unspecified atom stereocenters. The summed E-state index contributed by atoms with van der Waals surface area (Å²) in [4.78, 5) is 14.1. The third-order valence-electron chi connectivity index (χ3n) is 5.03. The number of piperidine rings is 1. The number of nitrogens with one attached hydrogen (secondary N) is 1. The fourth-order valence-electron chi connectivity index (χ4n) is 3.05. The zero-order valence-electron chi connectivity index (χ0n) is 13.5. The number of carbonyl (C=O) groups excluding carboxylic acids is 1. The van der Waals surface area contributed by atoms with Crippen LogP contribution in [0.3, 0.4) is 0 Å². The highest BCUT2D eigenvalue weighted by atomic mass is 35.5. The molecule has 4 nitrogen and oxygen atoms in total. The molecule has 1 aromatic carbocycles. The molecule has 7 heteroatoms. The van der Waals surface area contributed by atoms with Crippen LogP contribution in [0.25, 0.3) is 0 Å². The Kier molecular flexibility index (Phi) is 4.71. The van der Waals surface area contributed by atoms with E-state index in [1.807, 2.05) is 4.90 Å². The molecule has 1 saturated carbocycles. The van der Waals surface area contributed by atoms with Gasteiger partial charge in [0, 0.05) is 19.6 Å². The summed E-state index contributed by atoms with van der Waals surface area (Å²) in [7, 11) is 0. The number of hydrogen-bond acceptors (Lipinski definition) is 3. The highest BCUT2D eigenvalue weighted by Gasteiger charge is 2.67. The second-order valence-corrected chi connectivity index (χ2v) is 8.38. The summed E-state index contributed by atoms with van der Waals surface area (Å²) in [5, 5.41) is 12.3. The lowest BCUT2D eigenvalue weighted by Gasteiger charge is -2.31. The standard InChI is InChI=1S/C17H21Cl2FN2O2/c1-16(10-17(16,18)19)15(24)21-9-11-2-3-14(13(20)8-11)22-6-4-12(23)5-7-22/h2-3,8,12,23H,4-7,9-10H2,1H3,(H,21,24)/t16-/m1/s1. The normalized spacial score (nSPS) is 26.3. The Bertz CT molecular complexity index is 647. The van der Waals surface area contributed by atoms with Crippen LogP contribution in [0.4, 0.5) is 10.1 Å². The van der Waals surface area contributed by atoms with Crippen LogP contribution in [0.15, 0.2) is 18.2 Å². The molecule has 2 fully saturated rings. The number of hydrogen-bond donors (Lipinski definition) is 2. The minimum atomic E-state index is -1.01. The zero-order chi connectivity index (χ0) is 17.5. The summed E-state index contributed by atoms with van der Waals surface area (Å²) in [6.07, 6.45) is 1.42. The number of alkyl halides is 2. The van der Waals surface area contributed by atoms with Crippen molar-refractivity contribution in [1.82, 2.24) is 5.32 Å². The molecule has 1 aromatic rings. The van der Waals surface area contributed by atoms with Gasteiger partial charge in [0.15, 0.2) is 0 Å². The Hall–Kier alpha value is -1.04. The molecule has 2 N–H and O–H groups in total. The summed E-state index contributed by atoms with van der Waals surface area (Å²) in [5.41, 5.74) is 0.441. The van der Waals surface area contributed by atoms with Crippen LogP contribution >= 0.6 is 23.2 Å². The number of halogens is 3. The van der Waals surface area contributed by atoms with Crippen LogP contribution in [-0.4, -0.2) is 34.5 Å². The number of aliphatic hydroxyl groups excluding tert-OH is 1. The molecule has 2 aliphatic rings. The maximum Gasteiger partial charge on any atom is 0.229 e.